The quantitative estimate of drug-likeness (QED) is 0.594. The van der Waals surface area contributed by atoms with Gasteiger partial charge in [0, 0.05) is 43.7 Å². The van der Waals surface area contributed by atoms with E-state index in [1.807, 2.05) is 66.9 Å². The molecule has 5 nitrogen and oxygen atoms in total. The molecule has 1 aliphatic heterocycles. The van der Waals surface area contributed by atoms with Gasteiger partial charge in [0.05, 0.1) is 12.6 Å². The summed E-state index contributed by atoms with van der Waals surface area (Å²) in [5, 5.41) is 3.16. The summed E-state index contributed by atoms with van der Waals surface area (Å²) < 4.78 is 6.07. The first-order valence-corrected chi connectivity index (χ1v) is 10.9. The van der Waals surface area contributed by atoms with E-state index in [1.165, 1.54) is 5.56 Å². The third-order valence-electron chi connectivity index (χ3n) is 5.69. The normalized spacial score (nSPS) is 18.3. The van der Waals surface area contributed by atoms with Crippen LogP contribution in [-0.2, 0) is 16.1 Å². The van der Waals surface area contributed by atoms with Crippen molar-refractivity contribution in [3.63, 3.8) is 0 Å². The third kappa shape index (κ3) is 5.92. The predicted molar refractivity (Wildman–Crippen MR) is 123 cm³/mol. The molecule has 1 aromatic heterocycles. The molecule has 2 heterocycles. The second-order valence-electron chi connectivity index (χ2n) is 7.96. The summed E-state index contributed by atoms with van der Waals surface area (Å²) in [5.74, 6) is 0.300. The lowest BCUT2D eigenvalue weighted by molar-refractivity contribution is -0.120. The van der Waals surface area contributed by atoms with Crippen LogP contribution in [-0.4, -0.2) is 30.6 Å². The number of aromatic nitrogens is 1. The number of carbonyl (C=O) groups is 1. The SMILES string of the molecule is O=C(CN(Cc1cccnc1)c1ccccc1)NCC1CCCOC1c1ccccc1. The molecule has 1 amide bonds. The van der Waals surface area contributed by atoms with Gasteiger partial charge in [-0.3, -0.25) is 9.78 Å². The standard InChI is InChI=1S/C26H29N3O2/c30-25(28-18-23-12-8-16-31-26(23)22-10-3-1-4-11-22)20-29(24-13-5-2-6-14-24)19-21-9-7-15-27-17-21/h1-7,9-11,13-15,17,23,26H,8,12,16,18-20H2,(H,28,30). The monoisotopic (exact) mass is 415 g/mol. The van der Waals surface area contributed by atoms with Crippen LogP contribution in [0.25, 0.3) is 0 Å². The first-order valence-electron chi connectivity index (χ1n) is 10.9. The number of hydrogen-bond donors (Lipinski definition) is 1. The van der Waals surface area contributed by atoms with Crippen molar-refractivity contribution in [2.75, 3.05) is 24.6 Å². The van der Waals surface area contributed by atoms with E-state index in [0.29, 0.717) is 19.6 Å². The Balaban J connectivity index is 1.39. The smallest absolute Gasteiger partial charge is 0.239 e. The topological polar surface area (TPSA) is 54.5 Å². The van der Waals surface area contributed by atoms with Crippen LogP contribution in [0.3, 0.4) is 0 Å². The number of nitrogens with one attached hydrogen (secondary N) is 1. The molecule has 0 radical (unpaired) electrons. The first kappa shape index (κ1) is 21.1. The van der Waals surface area contributed by atoms with Gasteiger partial charge in [0.1, 0.15) is 0 Å². The number of carbonyl (C=O) groups excluding carboxylic acids is 1. The Kier molecular flexibility index (Phi) is 7.29. The minimum Gasteiger partial charge on any atom is -0.373 e. The zero-order chi connectivity index (χ0) is 21.3. The second-order valence-corrected chi connectivity index (χ2v) is 7.96. The zero-order valence-corrected chi connectivity index (χ0v) is 17.7. The fourth-order valence-corrected chi connectivity index (χ4v) is 4.13. The van der Waals surface area contributed by atoms with E-state index in [1.54, 1.807) is 6.20 Å². The van der Waals surface area contributed by atoms with Crippen molar-refractivity contribution in [3.8, 4) is 0 Å². The fourth-order valence-electron chi connectivity index (χ4n) is 4.13. The Morgan fingerprint density at radius 3 is 2.55 bits per heavy atom. The van der Waals surface area contributed by atoms with Gasteiger partial charge < -0.3 is 15.0 Å². The maximum absolute atomic E-state index is 12.9. The lowest BCUT2D eigenvalue weighted by Gasteiger charge is -2.32. The first-order chi connectivity index (χ1) is 15.3. The Hall–Kier alpha value is -3.18. The number of ether oxygens (including phenoxy) is 1. The average Bonchev–Trinajstić information content (AvgIpc) is 2.84. The minimum absolute atomic E-state index is 0.0186. The number of anilines is 1. The van der Waals surface area contributed by atoms with Crippen molar-refractivity contribution in [1.29, 1.82) is 0 Å². The summed E-state index contributed by atoms with van der Waals surface area (Å²) in [6.45, 7) is 2.32. The van der Waals surface area contributed by atoms with Crippen LogP contribution in [0.5, 0.6) is 0 Å². The van der Waals surface area contributed by atoms with E-state index in [4.69, 9.17) is 4.74 Å². The van der Waals surface area contributed by atoms with Crippen molar-refractivity contribution in [1.82, 2.24) is 10.3 Å². The fraction of sp³-hybridized carbons (Fsp3) is 0.308. The number of rotatable bonds is 8. The Labute approximate surface area is 184 Å². The molecule has 2 unspecified atom stereocenters. The number of hydrogen-bond acceptors (Lipinski definition) is 4. The van der Waals surface area contributed by atoms with Crippen LogP contribution in [0.4, 0.5) is 5.69 Å². The molecule has 1 N–H and O–H groups in total. The van der Waals surface area contributed by atoms with Gasteiger partial charge in [0.15, 0.2) is 0 Å². The van der Waals surface area contributed by atoms with Crippen molar-refractivity contribution < 1.29 is 9.53 Å². The highest BCUT2D eigenvalue weighted by Crippen LogP contribution is 2.33. The third-order valence-corrected chi connectivity index (χ3v) is 5.69. The van der Waals surface area contributed by atoms with E-state index in [9.17, 15) is 4.79 Å². The van der Waals surface area contributed by atoms with Crippen LogP contribution in [0.15, 0.2) is 85.2 Å². The summed E-state index contributed by atoms with van der Waals surface area (Å²) in [6, 6.07) is 24.3. The molecule has 160 valence electrons. The molecule has 31 heavy (non-hydrogen) atoms. The number of para-hydroxylation sites is 1. The molecule has 4 rings (SSSR count). The van der Waals surface area contributed by atoms with Gasteiger partial charge in [-0.05, 0) is 42.2 Å². The van der Waals surface area contributed by atoms with E-state index in [-0.39, 0.29) is 17.9 Å². The zero-order valence-electron chi connectivity index (χ0n) is 17.7. The van der Waals surface area contributed by atoms with E-state index in [0.717, 1.165) is 30.7 Å². The Morgan fingerprint density at radius 2 is 1.81 bits per heavy atom. The van der Waals surface area contributed by atoms with Gasteiger partial charge in [0.25, 0.3) is 0 Å². The molecular formula is C26H29N3O2. The molecule has 0 bridgehead atoms. The Morgan fingerprint density at radius 1 is 1.03 bits per heavy atom. The largest absolute Gasteiger partial charge is 0.373 e. The summed E-state index contributed by atoms with van der Waals surface area (Å²) in [5.41, 5.74) is 3.28. The highest BCUT2D eigenvalue weighted by atomic mass is 16.5. The number of nitrogens with zero attached hydrogens (tertiary/aromatic N) is 2. The van der Waals surface area contributed by atoms with Crippen molar-refractivity contribution >= 4 is 11.6 Å². The Bertz CT molecular complexity index is 935. The van der Waals surface area contributed by atoms with Gasteiger partial charge in [-0.15, -0.1) is 0 Å². The van der Waals surface area contributed by atoms with Crippen LogP contribution in [0.2, 0.25) is 0 Å². The number of benzene rings is 2. The van der Waals surface area contributed by atoms with E-state index >= 15 is 0 Å². The van der Waals surface area contributed by atoms with Gasteiger partial charge in [-0.25, -0.2) is 0 Å². The van der Waals surface area contributed by atoms with Crippen molar-refractivity contribution in [2.24, 2.45) is 5.92 Å². The van der Waals surface area contributed by atoms with Crippen LogP contribution >= 0.6 is 0 Å². The maximum Gasteiger partial charge on any atom is 0.239 e. The summed E-state index contributed by atoms with van der Waals surface area (Å²) in [4.78, 5) is 19.2. The molecule has 0 spiro atoms. The molecule has 1 fully saturated rings. The van der Waals surface area contributed by atoms with Gasteiger partial charge in [0.2, 0.25) is 5.91 Å². The lowest BCUT2D eigenvalue weighted by atomic mass is 9.89. The molecule has 1 saturated heterocycles. The van der Waals surface area contributed by atoms with E-state index in [2.05, 4.69) is 27.3 Å². The maximum atomic E-state index is 12.9. The molecule has 3 aromatic rings. The predicted octanol–water partition coefficient (Wildman–Crippen LogP) is 4.37. The van der Waals surface area contributed by atoms with Crippen molar-refractivity contribution in [3.05, 3.63) is 96.3 Å². The highest BCUT2D eigenvalue weighted by Gasteiger charge is 2.27. The highest BCUT2D eigenvalue weighted by molar-refractivity contribution is 5.81. The van der Waals surface area contributed by atoms with Gasteiger partial charge >= 0.3 is 0 Å². The van der Waals surface area contributed by atoms with Crippen LogP contribution in [0, 0.1) is 5.92 Å². The molecular weight excluding hydrogens is 386 g/mol. The molecule has 2 aromatic carbocycles. The lowest BCUT2D eigenvalue weighted by Crippen LogP contribution is -2.41. The van der Waals surface area contributed by atoms with Crippen LogP contribution in [0.1, 0.15) is 30.1 Å². The minimum atomic E-state index is 0.0186. The molecule has 0 aliphatic carbocycles. The molecule has 5 heteroatoms. The average molecular weight is 416 g/mol. The summed E-state index contributed by atoms with van der Waals surface area (Å²) in [6.07, 6.45) is 5.73. The van der Waals surface area contributed by atoms with Crippen molar-refractivity contribution in [2.45, 2.75) is 25.5 Å². The summed E-state index contributed by atoms with van der Waals surface area (Å²) >= 11 is 0. The molecule has 2 atom stereocenters. The van der Waals surface area contributed by atoms with E-state index < -0.39 is 0 Å². The molecule has 0 saturated carbocycles. The van der Waals surface area contributed by atoms with Crippen LogP contribution < -0.4 is 10.2 Å². The number of pyridine rings is 1. The van der Waals surface area contributed by atoms with Gasteiger partial charge in [-0.1, -0.05) is 54.6 Å². The van der Waals surface area contributed by atoms with Gasteiger partial charge in [-0.2, -0.15) is 0 Å². The second kappa shape index (κ2) is 10.7. The summed E-state index contributed by atoms with van der Waals surface area (Å²) in [7, 11) is 0. The number of amides is 1. The molecule has 1 aliphatic rings.